The molecule has 0 bridgehead atoms. The lowest BCUT2D eigenvalue weighted by Crippen LogP contribution is -2.25. The van der Waals surface area contributed by atoms with Gasteiger partial charge in [0, 0.05) is 0 Å². The molecule has 3 rings (SSSR count). The van der Waals surface area contributed by atoms with Crippen LogP contribution in [0.3, 0.4) is 0 Å². The van der Waals surface area contributed by atoms with Gasteiger partial charge in [0.2, 0.25) is 0 Å². The molecule has 0 radical (unpaired) electrons. The number of aliphatic hydroxyl groups is 1. The Hall–Kier alpha value is -0.820. The standard InChI is InChI=1S/C22H34O/c1-2-3-17-4-8-19(9-5-17)21-12-14-22(15-13-21)20-10-6-18(16-23)7-11-20/h6-7,10-11,17,19,21-23H,2-5,8-9,12-16H2,1H3. The third kappa shape index (κ3) is 4.38. The summed E-state index contributed by atoms with van der Waals surface area (Å²) in [6, 6.07) is 8.67. The first kappa shape index (κ1) is 17.0. The van der Waals surface area contributed by atoms with Crippen LogP contribution in [0.4, 0.5) is 0 Å². The fourth-order valence-corrected chi connectivity index (χ4v) is 5.18. The Kier molecular flexibility index (Phi) is 6.16. The molecule has 23 heavy (non-hydrogen) atoms. The fraction of sp³-hybridized carbons (Fsp3) is 0.727. The summed E-state index contributed by atoms with van der Waals surface area (Å²) < 4.78 is 0. The summed E-state index contributed by atoms with van der Waals surface area (Å²) in [7, 11) is 0. The van der Waals surface area contributed by atoms with Crippen LogP contribution in [0.5, 0.6) is 0 Å². The van der Waals surface area contributed by atoms with Crippen molar-refractivity contribution in [3.05, 3.63) is 35.4 Å². The highest BCUT2D eigenvalue weighted by molar-refractivity contribution is 5.25. The molecule has 0 aliphatic heterocycles. The second-order valence-corrected chi connectivity index (χ2v) is 8.08. The minimum atomic E-state index is 0.160. The molecule has 0 unspecified atom stereocenters. The van der Waals surface area contributed by atoms with Crippen molar-refractivity contribution in [1.82, 2.24) is 0 Å². The molecule has 128 valence electrons. The minimum Gasteiger partial charge on any atom is -0.392 e. The highest BCUT2D eigenvalue weighted by atomic mass is 16.3. The van der Waals surface area contributed by atoms with E-state index in [2.05, 4.69) is 31.2 Å². The number of hydrogen-bond donors (Lipinski definition) is 1. The third-order valence-corrected chi connectivity index (χ3v) is 6.66. The molecule has 0 spiro atoms. The summed E-state index contributed by atoms with van der Waals surface area (Å²) in [5, 5.41) is 9.17. The summed E-state index contributed by atoms with van der Waals surface area (Å²) in [5.41, 5.74) is 2.53. The van der Waals surface area contributed by atoms with E-state index in [1.165, 1.54) is 69.8 Å². The summed E-state index contributed by atoms with van der Waals surface area (Å²) >= 11 is 0. The molecular formula is C22H34O. The van der Waals surface area contributed by atoms with Gasteiger partial charge in [-0.2, -0.15) is 0 Å². The molecule has 1 heteroatoms. The zero-order valence-corrected chi connectivity index (χ0v) is 14.8. The van der Waals surface area contributed by atoms with Crippen molar-refractivity contribution in [3.63, 3.8) is 0 Å². The number of hydrogen-bond acceptors (Lipinski definition) is 1. The zero-order valence-electron chi connectivity index (χ0n) is 14.8. The predicted octanol–water partition coefficient (Wildman–Crippen LogP) is 6.06. The molecule has 2 fully saturated rings. The fourth-order valence-electron chi connectivity index (χ4n) is 5.18. The molecule has 0 heterocycles. The summed E-state index contributed by atoms with van der Waals surface area (Å²) in [6.07, 6.45) is 14.5. The molecule has 2 aliphatic carbocycles. The van der Waals surface area contributed by atoms with Crippen molar-refractivity contribution >= 4 is 0 Å². The maximum absolute atomic E-state index is 9.17. The van der Waals surface area contributed by atoms with Gasteiger partial charge in [-0.25, -0.2) is 0 Å². The second kappa shape index (κ2) is 8.33. The Morgan fingerprint density at radius 2 is 1.39 bits per heavy atom. The van der Waals surface area contributed by atoms with E-state index < -0.39 is 0 Å². The lowest BCUT2D eigenvalue weighted by Gasteiger charge is -2.38. The number of rotatable bonds is 5. The van der Waals surface area contributed by atoms with Crippen molar-refractivity contribution in [1.29, 1.82) is 0 Å². The smallest absolute Gasteiger partial charge is 0.0681 e. The van der Waals surface area contributed by atoms with Gasteiger partial charge in [0.05, 0.1) is 6.61 Å². The maximum atomic E-state index is 9.17. The van der Waals surface area contributed by atoms with E-state index in [1.54, 1.807) is 0 Å². The van der Waals surface area contributed by atoms with Crippen LogP contribution in [0.1, 0.15) is 88.2 Å². The van der Waals surface area contributed by atoms with E-state index in [0.29, 0.717) is 0 Å². The molecule has 2 aliphatic rings. The van der Waals surface area contributed by atoms with Gasteiger partial charge in [0.25, 0.3) is 0 Å². The van der Waals surface area contributed by atoms with Gasteiger partial charge >= 0.3 is 0 Å². The highest BCUT2D eigenvalue weighted by Crippen LogP contribution is 2.44. The summed E-state index contributed by atoms with van der Waals surface area (Å²) in [5.74, 6) is 3.83. The molecule has 0 aromatic heterocycles. The van der Waals surface area contributed by atoms with Crippen LogP contribution in [0, 0.1) is 17.8 Å². The summed E-state index contributed by atoms with van der Waals surface area (Å²) in [4.78, 5) is 0. The van der Waals surface area contributed by atoms with E-state index in [0.717, 1.165) is 29.2 Å². The molecule has 2 saturated carbocycles. The Balaban J connectivity index is 1.46. The van der Waals surface area contributed by atoms with Crippen LogP contribution >= 0.6 is 0 Å². The highest BCUT2D eigenvalue weighted by Gasteiger charge is 2.30. The lowest BCUT2D eigenvalue weighted by molar-refractivity contribution is 0.156. The van der Waals surface area contributed by atoms with Crippen LogP contribution in [0.25, 0.3) is 0 Å². The van der Waals surface area contributed by atoms with Crippen LogP contribution in [0.2, 0.25) is 0 Å². The minimum absolute atomic E-state index is 0.160. The van der Waals surface area contributed by atoms with E-state index in [4.69, 9.17) is 0 Å². The van der Waals surface area contributed by atoms with Gasteiger partial charge in [-0.05, 0) is 73.3 Å². The van der Waals surface area contributed by atoms with Crippen LogP contribution < -0.4 is 0 Å². The topological polar surface area (TPSA) is 20.2 Å². The van der Waals surface area contributed by atoms with Crippen LogP contribution in [0.15, 0.2) is 24.3 Å². The van der Waals surface area contributed by atoms with Crippen molar-refractivity contribution in [2.45, 2.75) is 83.7 Å². The van der Waals surface area contributed by atoms with Crippen molar-refractivity contribution < 1.29 is 5.11 Å². The van der Waals surface area contributed by atoms with Gasteiger partial charge in [-0.1, -0.05) is 56.9 Å². The van der Waals surface area contributed by atoms with E-state index >= 15 is 0 Å². The van der Waals surface area contributed by atoms with Gasteiger partial charge in [0.15, 0.2) is 0 Å². The van der Waals surface area contributed by atoms with Gasteiger partial charge in [-0.15, -0.1) is 0 Å². The molecule has 1 aromatic rings. The SMILES string of the molecule is CCCC1CCC(C2CCC(c3ccc(CO)cc3)CC2)CC1. The maximum Gasteiger partial charge on any atom is 0.0681 e. The average Bonchev–Trinajstić information content (AvgIpc) is 2.63. The Labute approximate surface area is 142 Å². The molecule has 1 N–H and O–H groups in total. The molecule has 0 amide bonds. The number of benzene rings is 1. The second-order valence-electron chi connectivity index (χ2n) is 8.08. The molecule has 0 atom stereocenters. The van der Waals surface area contributed by atoms with E-state index in [-0.39, 0.29) is 6.61 Å². The third-order valence-electron chi connectivity index (χ3n) is 6.66. The van der Waals surface area contributed by atoms with Gasteiger partial charge in [-0.3, -0.25) is 0 Å². The zero-order chi connectivity index (χ0) is 16.1. The molecule has 0 saturated heterocycles. The van der Waals surface area contributed by atoms with E-state index in [1.807, 2.05) is 0 Å². The van der Waals surface area contributed by atoms with Gasteiger partial charge < -0.3 is 5.11 Å². The first-order valence-electron chi connectivity index (χ1n) is 9.99. The quantitative estimate of drug-likeness (QED) is 0.700. The lowest BCUT2D eigenvalue weighted by atomic mass is 9.68. The van der Waals surface area contributed by atoms with Crippen LogP contribution in [-0.4, -0.2) is 5.11 Å². The van der Waals surface area contributed by atoms with Crippen LogP contribution in [-0.2, 0) is 6.61 Å². The Morgan fingerprint density at radius 3 is 1.91 bits per heavy atom. The molecule has 1 nitrogen and oxygen atoms in total. The van der Waals surface area contributed by atoms with Crippen molar-refractivity contribution in [2.24, 2.45) is 17.8 Å². The normalized spacial score (nSPS) is 31.9. The monoisotopic (exact) mass is 314 g/mol. The number of aliphatic hydroxyl groups excluding tert-OH is 1. The Morgan fingerprint density at radius 1 is 0.826 bits per heavy atom. The molecular weight excluding hydrogens is 280 g/mol. The first-order valence-corrected chi connectivity index (χ1v) is 9.99. The largest absolute Gasteiger partial charge is 0.392 e. The predicted molar refractivity (Wildman–Crippen MR) is 97.4 cm³/mol. The average molecular weight is 315 g/mol. The summed E-state index contributed by atoms with van der Waals surface area (Å²) in [6.45, 7) is 2.49. The molecule has 1 aromatic carbocycles. The van der Waals surface area contributed by atoms with Crippen molar-refractivity contribution in [3.8, 4) is 0 Å². The Bertz CT molecular complexity index is 447. The van der Waals surface area contributed by atoms with Crippen molar-refractivity contribution in [2.75, 3.05) is 0 Å². The van der Waals surface area contributed by atoms with E-state index in [9.17, 15) is 5.11 Å². The first-order chi connectivity index (χ1) is 11.3. The van der Waals surface area contributed by atoms with Gasteiger partial charge in [0.1, 0.15) is 0 Å².